The molecular formula is C13H20ClN3. The van der Waals surface area contributed by atoms with E-state index < -0.39 is 0 Å². The van der Waals surface area contributed by atoms with Crippen molar-refractivity contribution in [2.75, 3.05) is 11.9 Å². The van der Waals surface area contributed by atoms with E-state index in [2.05, 4.69) is 22.2 Å². The molecule has 1 heterocycles. The van der Waals surface area contributed by atoms with Gasteiger partial charge in [0.05, 0.1) is 0 Å². The average Bonchev–Trinajstić information content (AvgIpc) is 2.26. The van der Waals surface area contributed by atoms with Gasteiger partial charge in [0.25, 0.3) is 0 Å². The smallest absolute Gasteiger partial charge is 0.134 e. The molecule has 1 aliphatic rings. The van der Waals surface area contributed by atoms with Crippen LogP contribution in [0.4, 0.5) is 5.82 Å². The number of aromatic nitrogens is 2. The Hall–Kier alpha value is -0.830. The van der Waals surface area contributed by atoms with Gasteiger partial charge in [0.15, 0.2) is 0 Å². The summed E-state index contributed by atoms with van der Waals surface area (Å²) in [5, 5.41) is 3.91. The molecule has 0 unspecified atom stereocenters. The first-order valence-electron chi connectivity index (χ1n) is 6.32. The van der Waals surface area contributed by atoms with E-state index in [4.69, 9.17) is 11.6 Å². The molecule has 1 aliphatic carbocycles. The second-order valence-electron chi connectivity index (χ2n) is 5.35. The molecule has 0 atom stereocenters. The molecule has 3 nitrogen and oxygen atoms in total. The highest BCUT2D eigenvalue weighted by Crippen LogP contribution is 2.35. The Morgan fingerprint density at radius 1 is 1.29 bits per heavy atom. The van der Waals surface area contributed by atoms with Crippen LogP contribution in [0.25, 0.3) is 0 Å². The highest BCUT2D eigenvalue weighted by molar-refractivity contribution is 6.29. The minimum Gasteiger partial charge on any atom is -0.369 e. The van der Waals surface area contributed by atoms with Crippen LogP contribution in [0.3, 0.4) is 0 Å². The second kappa shape index (κ2) is 5.21. The Labute approximate surface area is 108 Å². The van der Waals surface area contributed by atoms with E-state index >= 15 is 0 Å². The lowest BCUT2D eigenvalue weighted by atomic mass is 9.76. The van der Waals surface area contributed by atoms with Gasteiger partial charge < -0.3 is 5.32 Å². The summed E-state index contributed by atoms with van der Waals surface area (Å²) in [7, 11) is 0. The first kappa shape index (κ1) is 12.6. The fourth-order valence-corrected chi connectivity index (χ4v) is 2.73. The number of halogens is 1. The number of anilines is 1. The summed E-state index contributed by atoms with van der Waals surface area (Å²) in [6.45, 7) is 5.19. The fraction of sp³-hybridized carbons (Fsp3) is 0.692. The predicted octanol–water partition coefficient (Wildman–Crippen LogP) is 3.82. The number of aryl methyl sites for hydroxylation is 1. The zero-order valence-electron chi connectivity index (χ0n) is 10.6. The molecule has 0 aliphatic heterocycles. The van der Waals surface area contributed by atoms with E-state index in [1.807, 2.05) is 6.92 Å². The molecule has 1 aromatic heterocycles. The van der Waals surface area contributed by atoms with Gasteiger partial charge in [-0.05, 0) is 25.2 Å². The van der Waals surface area contributed by atoms with Crippen LogP contribution < -0.4 is 5.32 Å². The lowest BCUT2D eigenvalue weighted by Crippen LogP contribution is -2.29. The number of hydrogen-bond acceptors (Lipinski definition) is 3. The summed E-state index contributed by atoms with van der Waals surface area (Å²) in [6, 6.07) is 1.79. The van der Waals surface area contributed by atoms with Gasteiger partial charge in [-0.1, -0.05) is 37.8 Å². The minimum absolute atomic E-state index is 0.406. The molecule has 17 heavy (non-hydrogen) atoms. The maximum absolute atomic E-state index is 5.92. The Kier molecular flexibility index (Phi) is 3.87. The number of hydrogen-bond donors (Lipinski definition) is 1. The van der Waals surface area contributed by atoms with Crippen LogP contribution in [0.1, 0.15) is 44.9 Å². The summed E-state index contributed by atoms with van der Waals surface area (Å²) in [6.07, 6.45) is 6.69. The van der Waals surface area contributed by atoms with Crippen molar-refractivity contribution in [3.63, 3.8) is 0 Å². The van der Waals surface area contributed by atoms with Crippen molar-refractivity contribution < 1.29 is 0 Å². The summed E-state index contributed by atoms with van der Waals surface area (Å²) in [5.74, 6) is 1.56. The number of nitrogens with zero attached hydrogens (tertiary/aromatic N) is 2. The van der Waals surface area contributed by atoms with Crippen LogP contribution in [-0.4, -0.2) is 16.5 Å². The monoisotopic (exact) mass is 253 g/mol. The maximum Gasteiger partial charge on any atom is 0.134 e. The van der Waals surface area contributed by atoms with Gasteiger partial charge in [0.1, 0.15) is 16.8 Å². The molecular weight excluding hydrogens is 234 g/mol. The quantitative estimate of drug-likeness (QED) is 0.833. The van der Waals surface area contributed by atoms with Gasteiger partial charge in [-0.15, -0.1) is 0 Å². The summed E-state index contributed by atoms with van der Waals surface area (Å²) >= 11 is 5.92. The lowest BCUT2D eigenvalue weighted by Gasteiger charge is -2.33. The van der Waals surface area contributed by atoms with Crippen molar-refractivity contribution in [1.29, 1.82) is 0 Å². The number of rotatable bonds is 3. The van der Waals surface area contributed by atoms with Gasteiger partial charge in [-0.3, -0.25) is 0 Å². The van der Waals surface area contributed by atoms with Crippen LogP contribution in [0.5, 0.6) is 0 Å². The molecule has 1 N–H and O–H groups in total. The molecule has 94 valence electrons. The van der Waals surface area contributed by atoms with Gasteiger partial charge in [0.2, 0.25) is 0 Å². The van der Waals surface area contributed by atoms with E-state index in [9.17, 15) is 0 Å². The molecule has 0 amide bonds. The molecule has 1 aromatic rings. The third-order valence-corrected chi connectivity index (χ3v) is 3.76. The SMILES string of the molecule is Cc1nc(Cl)cc(NCC2(C)CCCCC2)n1. The average molecular weight is 254 g/mol. The molecule has 0 spiro atoms. The zero-order chi connectivity index (χ0) is 12.3. The van der Waals surface area contributed by atoms with Crippen molar-refractivity contribution >= 4 is 17.4 Å². The molecule has 1 fully saturated rings. The Balaban J connectivity index is 1.96. The summed E-state index contributed by atoms with van der Waals surface area (Å²) in [4.78, 5) is 8.40. The third kappa shape index (κ3) is 3.56. The van der Waals surface area contributed by atoms with Crippen molar-refractivity contribution in [1.82, 2.24) is 9.97 Å². The lowest BCUT2D eigenvalue weighted by molar-refractivity contribution is 0.233. The van der Waals surface area contributed by atoms with Crippen molar-refractivity contribution in [2.45, 2.75) is 46.0 Å². The summed E-state index contributed by atoms with van der Waals surface area (Å²) < 4.78 is 0. The van der Waals surface area contributed by atoms with Crippen LogP contribution >= 0.6 is 11.6 Å². The normalized spacial score (nSPS) is 19.0. The van der Waals surface area contributed by atoms with Crippen LogP contribution in [0.2, 0.25) is 5.15 Å². The Morgan fingerprint density at radius 3 is 2.65 bits per heavy atom. The molecule has 1 saturated carbocycles. The van der Waals surface area contributed by atoms with Crippen molar-refractivity contribution in [2.24, 2.45) is 5.41 Å². The Bertz CT molecular complexity index is 366. The van der Waals surface area contributed by atoms with E-state index in [1.54, 1.807) is 6.07 Å². The van der Waals surface area contributed by atoms with Gasteiger partial charge in [0, 0.05) is 12.6 Å². The molecule has 4 heteroatoms. The predicted molar refractivity (Wildman–Crippen MR) is 71.5 cm³/mol. The first-order chi connectivity index (χ1) is 8.07. The molecule has 0 aromatic carbocycles. The third-order valence-electron chi connectivity index (χ3n) is 3.56. The van der Waals surface area contributed by atoms with Gasteiger partial charge >= 0.3 is 0 Å². The van der Waals surface area contributed by atoms with Crippen molar-refractivity contribution in [3.05, 3.63) is 17.0 Å². The van der Waals surface area contributed by atoms with Crippen LogP contribution in [-0.2, 0) is 0 Å². The van der Waals surface area contributed by atoms with Gasteiger partial charge in [-0.2, -0.15) is 0 Å². The standard InChI is InChI=1S/C13H20ClN3/c1-10-16-11(14)8-12(17-10)15-9-13(2)6-4-3-5-7-13/h8H,3-7,9H2,1-2H3,(H,15,16,17). The zero-order valence-corrected chi connectivity index (χ0v) is 11.3. The molecule has 2 rings (SSSR count). The maximum atomic E-state index is 5.92. The Morgan fingerprint density at radius 2 is 2.00 bits per heavy atom. The van der Waals surface area contributed by atoms with E-state index in [0.717, 1.165) is 12.4 Å². The first-order valence-corrected chi connectivity index (χ1v) is 6.70. The molecule has 0 saturated heterocycles. The van der Waals surface area contributed by atoms with Crippen molar-refractivity contribution in [3.8, 4) is 0 Å². The largest absolute Gasteiger partial charge is 0.369 e. The molecule has 0 radical (unpaired) electrons. The number of nitrogens with one attached hydrogen (secondary N) is 1. The highest BCUT2D eigenvalue weighted by Gasteiger charge is 2.26. The molecule has 0 bridgehead atoms. The van der Waals surface area contributed by atoms with E-state index in [0.29, 0.717) is 16.4 Å². The fourth-order valence-electron chi connectivity index (χ4n) is 2.51. The topological polar surface area (TPSA) is 37.8 Å². The minimum atomic E-state index is 0.406. The summed E-state index contributed by atoms with van der Waals surface area (Å²) in [5.41, 5.74) is 0.406. The van der Waals surface area contributed by atoms with E-state index in [1.165, 1.54) is 32.1 Å². The van der Waals surface area contributed by atoms with Gasteiger partial charge in [-0.25, -0.2) is 9.97 Å². The highest BCUT2D eigenvalue weighted by atomic mass is 35.5. The van der Waals surface area contributed by atoms with E-state index in [-0.39, 0.29) is 0 Å². The van der Waals surface area contributed by atoms with Crippen LogP contribution in [0, 0.1) is 12.3 Å². The van der Waals surface area contributed by atoms with Crippen LogP contribution in [0.15, 0.2) is 6.07 Å². The second-order valence-corrected chi connectivity index (χ2v) is 5.74.